The number of carbonyl (C=O) groups is 2. The number of halogens is 1. The number of aromatic nitrogens is 1. The van der Waals surface area contributed by atoms with Gasteiger partial charge in [-0.3, -0.25) is 9.59 Å². The molecule has 2 N–H and O–H groups in total. The summed E-state index contributed by atoms with van der Waals surface area (Å²) in [6.45, 7) is 2.94. The van der Waals surface area contributed by atoms with E-state index in [1.165, 1.54) is 0 Å². The number of esters is 1. The number of rotatable bonds is 8. The van der Waals surface area contributed by atoms with Crippen molar-refractivity contribution in [2.45, 2.75) is 19.8 Å². The van der Waals surface area contributed by atoms with Crippen molar-refractivity contribution in [1.29, 1.82) is 0 Å². The van der Waals surface area contributed by atoms with Crippen molar-refractivity contribution < 1.29 is 14.3 Å². The molecule has 20 heavy (non-hydrogen) atoms. The largest absolute Gasteiger partial charge is 0.466 e. The van der Waals surface area contributed by atoms with Gasteiger partial charge in [-0.25, -0.2) is 4.98 Å². The fraction of sp³-hybridized carbons (Fsp3) is 0.462. The van der Waals surface area contributed by atoms with Crippen LogP contribution in [0.3, 0.4) is 0 Å². The molecule has 0 radical (unpaired) electrons. The molecule has 1 amide bonds. The summed E-state index contributed by atoms with van der Waals surface area (Å²) in [6.07, 6.45) is 2.61. The standard InChI is InChI=1S/C13H18BrN3O3/c1-2-20-13(19)4-3-7-15-9-12(18)17-11-6-5-10(14)8-16-11/h5-6,8,15H,2-4,7,9H2,1H3,(H,16,17,18). The quantitative estimate of drug-likeness (QED) is 0.554. The van der Waals surface area contributed by atoms with E-state index in [1.807, 2.05) is 0 Å². The van der Waals surface area contributed by atoms with Crippen molar-refractivity contribution >= 4 is 33.6 Å². The Hall–Kier alpha value is -1.47. The van der Waals surface area contributed by atoms with Crippen LogP contribution < -0.4 is 10.6 Å². The minimum atomic E-state index is -0.210. The van der Waals surface area contributed by atoms with E-state index < -0.39 is 0 Å². The minimum absolute atomic E-state index is 0.170. The Balaban J connectivity index is 2.11. The summed E-state index contributed by atoms with van der Waals surface area (Å²) in [7, 11) is 0. The van der Waals surface area contributed by atoms with E-state index in [-0.39, 0.29) is 18.4 Å². The first-order chi connectivity index (χ1) is 9.61. The second-order valence-electron chi connectivity index (χ2n) is 4.00. The third-order valence-electron chi connectivity index (χ3n) is 2.32. The second kappa shape index (κ2) is 9.44. The van der Waals surface area contributed by atoms with Crippen LogP contribution in [0.2, 0.25) is 0 Å². The molecule has 0 aliphatic carbocycles. The summed E-state index contributed by atoms with van der Waals surface area (Å²) in [5, 5.41) is 5.62. The van der Waals surface area contributed by atoms with Gasteiger partial charge in [-0.1, -0.05) is 0 Å². The van der Waals surface area contributed by atoms with Crippen molar-refractivity contribution in [3.63, 3.8) is 0 Å². The number of nitrogens with one attached hydrogen (secondary N) is 2. The Morgan fingerprint density at radius 2 is 2.20 bits per heavy atom. The molecular weight excluding hydrogens is 326 g/mol. The maximum Gasteiger partial charge on any atom is 0.305 e. The molecule has 1 aromatic heterocycles. The molecule has 0 aliphatic rings. The van der Waals surface area contributed by atoms with Crippen molar-refractivity contribution in [1.82, 2.24) is 10.3 Å². The lowest BCUT2D eigenvalue weighted by Crippen LogP contribution is -2.29. The Kier molecular flexibility index (Phi) is 7.82. The van der Waals surface area contributed by atoms with Crippen LogP contribution in [-0.4, -0.2) is 36.6 Å². The van der Waals surface area contributed by atoms with Gasteiger partial charge in [-0.05, 0) is 48.0 Å². The average molecular weight is 344 g/mol. The van der Waals surface area contributed by atoms with Crippen LogP contribution in [0.4, 0.5) is 5.82 Å². The molecule has 0 bridgehead atoms. The van der Waals surface area contributed by atoms with Crippen molar-refractivity contribution in [2.24, 2.45) is 0 Å². The first-order valence-electron chi connectivity index (χ1n) is 6.39. The fourth-order valence-electron chi connectivity index (χ4n) is 1.43. The van der Waals surface area contributed by atoms with E-state index in [2.05, 4.69) is 31.5 Å². The molecule has 0 saturated carbocycles. The molecule has 0 aliphatic heterocycles. The van der Waals surface area contributed by atoms with Gasteiger partial charge in [0, 0.05) is 17.1 Å². The molecule has 6 nitrogen and oxygen atoms in total. The highest BCUT2D eigenvalue weighted by molar-refractivity contribution is 9.10. The van der Waals surface area contributed by atoms with Crippen LogP contribution in [0.25, 0.3) is 0 Å². The highest BCUT2D eigenvalue weighted by Crippen LogP contribution is 2.09. The van der Waals surface area contributed by atoms with Crippen LogP contribution in [-0.2, 0) is 14.3 Å². The van der Waals surface area contributed by atoms with Gasteiger partial charge in [0.05, 0.1) is 13.2 Å². The summed E-state index contributed by atoms with van der Waals surface area (Å²) in [5.74, 6) is 0.125. The fourth-order valence-corrected chi connectivity index (χ4v) is 1.66. The zero-order valence-corrected chi connectivity index (χ0v) is 12.9. The van der Waals surface area contributed by atoms with Gasteiger partial charge in [-0.15, -0.1) is 0 Å². The summed E-state index contributed by atoms with van der Waals surface area (Å²) in [6, 6.07) is 3.51. The lowest BCUT2D eigenvalue weighted by atomic mass is 10.3. The summed E-state index contributed by atoms with van der Waals surface area (Å²) in [5.41, 5.74) is 0. The van der Waals surface area contributed by atoms with Crippen LogP contribution >= 0.6 is 15.9 Å². The second-order valence-corrected chi connectivity index (χ2v) is 4.91. The molecule has 0 fully saturated rings. The Labute approximate surface area is 126 Å². The topological polar surface area (TPSA) is 80.3 Å². The number of ether oxygens (including phenoxy) is 1. The summed E-state index contributed by atoms with van der Waals surface area (Å²) < 4.78 is 5.65. The van der Waals surface area contributed by atoms with Gasteiger partial charge >= 0.3 is 5.97 Å². The molecule has 0 unspecified atom stereocenters. The number of hydrogen-bond acceptors (Lipinski definition) is 5. The number of pyridine rings is 1. The molecular formula is C13H18BrN3O3. The lowest BCUT2D eigenvalue weighted by molar-refractivity contribution is -0.143. The van der Waals surface area contributed by atoms with Crippen LogP contribution in [0.1, 0.15) is 19.8 Å². The maximum absolute atomic E-state index is 11.6. The number of nitrogens with zero attached hydrogens (tertiary/aromatic N) is 1. The molecule has 110 valence electrons. The monoisotopic (exact) mass is 343 g/mol. The van der Waals surface area contributed by atoms with Gasteiger partial charge in [0.2, 0.25) is 5.91 Å². The zero-order valence-electron chi connectivity index (χ0n) is 11.3. The molecule has 0 saturated heterocycles. The van der Waals surface area contributed by atoms with Crippen molar-refractivity contribution in [3.8, 4) is 0 Å². The summed E-state index contributed by atoms with van der Waals surface area (Å²) >= 11 is 3.27. The normalized spacial score (nSPS) is 10.1. The minimum Gasteiger partial charge on any atom is -0.466 e. The molecule has 0 spiro atoms. The average Bonchev–Trinajstić information content (AvgIpc) is 2.41. The highest BCUT2D eigenvalue weighted by atomic mass is 79.9. The van der Waals surface area contributed by atoms with Crippen molar-refractivity contribution in [3.05, 3.63) is 22.8 Å². The number of amides is 1. The van der Waals surface area contributed by atoms with E-state index in [0.717, 1.165) is 4.47 Å². The SMILES string of the molecule is CCOC(=O)CCCNCC(=O)Nc1ccc(Br)cn1. The van der Waals surface area contributed by atoms with Gasteiger partial charge in [0.25, 0.3) is 0 Å². The zero-order chi connectivity index (χ0) is 14.8. The Morgan fingerprint density at radius 3 is 2.85 bits per heavy atom. The molecule has 1 rings (SSSR count). The highest BCUT2D eigenvalue weighted by Gasteiger charge is 2.04. The molecule has 1 heterocycles. The maximum atomic E-state index is 11.6. The van der Waals surface area contributed by atoms with Gasteiger partial charge in [0.15, 0.2) is 0 Å². The van der Waals surface area contributed by atoms with E-state index in [4.69, 9.17) is 4.74 Å². The lowest BCUT2D eigenvalue weighted by Gasteiger charge is -2.06. The third-order valence-corrected chi connectivity index (χ3v) is 2.79. The van der Waals surface area contributed by atoms with E-state index in [0.29, 0.717) is 31.8 Å². The molecule has 0 atom stereocenters. The number of hydrogen-bond donors (Lipinski definition) is 2. The predicted molar refractivity (Wildman–Crippen MR) is 79.3 cm³/mol. The predicted octanol–water partition coefficient (Wildman–Crippen LogP) is 1.72. The summed E-state index contributed by atoms with van der Waals surface area (Å²) in [4.78, 5) is 26.7. The smallest absolute Gasteiger partial charge is 0.305 e. The van der Waals surface area contributed by atoms with Crippen LogP contribution in [0.5, 0.6) is 0 Å². The van der Waals surface area contributed by atoms with Gasteiger partial charge in [-0.2, -0.15) is 0 Å². The number of carbonyl (C=O) groups excluding carboxylic acids is 2. The van der Waals surface area contributed by atoms with E-state index in [9.17, 15) is 9.59 Å². The van der Waals surface area contributed by atoms with Crippen LogP contribution in [0, 0.1) is 0 Å². The Bertz CT molecular complexity index is 437. The van der Waals surface area contributed by atoms with Crippen molar-refractivity contribution in [2.75, 3.05) is 25.0 Å². The van der Waals surface area contributed by atoms with Gasteiger partial charge < -0.3 is 15.4 Å². The third kappa shape index (κ3) is 7.20. The Morgan fingerprint density at radius 1 is 1.40 bits per heavy atom. The first-order valence-corrected chi connectivity index (χ1v) is 7.19. The number of anilines is 1. The van der Waals surface area contributed by atoms with Crippen LogP contribution in [0.15, 0.2) is 22.8 Å². The van der Waals surface area contributed by atoms with E-state index in [1.54, 1.807) is 25.3 Å². The molecule has 1 aromatic rings. The molecule has 0 aromatic carbocycles. The van der Waals surface area contributed by atoms with Gasteiger partial charge in [0.1, 0.15) is 5.82 Å². The van der Waals surface area contributed by atoms with E-state index >= 15 is 0 Å². The first kappa shape index (κ1) is 16.6. The molecule has 7 heteroatoms.